The van der Waals surface area contributed by atoms with E-state index in [1.807, 2.05) is 24.3 Å². The normalized spacial score (nSPS) is 21.4. The summed E-state index contributed by atoms with van der Waals surface area (Å²) in [4.78, 5) is 19.2. The Labute approximate surface area is 160 Å². The zero-order chi connectivity index (χ0) is 18.5. The molecule has 0 saturated carbocycles. The maximum atomic E-state index is 12.3. The van der Waals surface area contributed by atoms with Crippen molar-refractivity contribution in [3.8, 4) is 0 Å². The first kappa shape index (κ1) is 18.2. The van der Waals surface area contributed by atoms with Crippen LogP contribution >= 0.6 is 0 Å². The van der Waals surface area contributed by atoms with E-state index in [4.69, 9.17) is 4.74 Å². The molecule has 6 heteroatoms. The second kappa shape index (κ2) is 8.67. The van der Waals surface area contributed by atoms with Gasteiger partial charge in [-0.3, -0.25) is 4.98 Å². The lowest BCUT2D eigenvalue weighted by molar-refractivity contribution is 0.148. The SMILES string of the molecule is O=C(NCc1nccc2ccccc12)NC1CCN(CC2CCOC2)CC1. The van der Waals surface area contributed by atoms with Crippen LogP contribution in [0.25, 0.3) is 10.8 Å². The lowest BCUT2D eigenvalue weighted by Crippen LogP contribution is -2.48. The molecule has 1 aromatic carbocycles. The summed E-state index contributed by atoms with van der Waals surface area (Å²) in [6, 6.07) is 10.3. The second-order valence-electron chi connectivity index (χ2n) is 7.61. The summed E-state index contributed by atoms with van der Waals surface area (Å²) in [5.74, 6) is 0.686. The highest BCUT2D eigenvalue weighted by Crippen LogP contribution is 2.18. The van der Waals surface area contributed by atoms with Crippen LogP contribution in [0.2, 0.25) is 0 Å². The Bertz CT molecular complexity index is 762. The van der Waals surface area contributed by atoms with Crippen molar-refractivity contribution in [1.82, 2.24) is 20.5 Å². The predicted molar refractivity (Wildman–Crippen MR) is 106 cm³/mol. The molecule has 0 radical (unpaired) electrons. The molecule has 6 nitrogen and oxygen atoms in total. The number of aromatic nitrogens is 1. The van der Waals surface area contributed by atoms with E-state index in [-0.39, 0.29) is 12.1 Å². The topological polar surface area (TPSA) is 66.5 Å². The number of piperidine rings is 1. The van der Waals surface area contributed by atoms with Crippen molar-refractivity contribution in [1.29, 1.82) is 0 Å². The van der Waals surface area contributed by atoms with Crippen LogP contribution in [0.1, 0.15) is 25.0 Å². The van der Waals surface area contributed by atoms with Crippen LogP contribution in [0, 0.1) is 5.92 Å². The summed E-state index contributed by atoms with van der Waals surface area (Å²) in [5, 5.41) is 8.32. The van der Waals surface area contributed by atoms with Gasteiger partial charge < -0.3 is 20.3 Å². The van der Waals surface area contributed by atoms with Gasteiger partial charge in [0.1, 0.15) is 0 Å². The molecule has 2 fully saturated rings. The molecule has 2 N–H and O–H groups in total. The minimum Gasteiger partial charge on any atom is -0.381 e. The molecule has 0 spiro atoms. The van der Waals surface area contributed by atoms with Gasteiger partial charge in [-0.25, -0.2) is 4.79 Å². The van der Waals surface area contributed by atoms with Crippen molar-refractivity contribution < 1.29 is 9.53 Å². The van der Waals surface area contributed by atoms with Gasteiger partial charge in [0.2, 0.25) is 0 Å². The smallest absolute Gasteiger partial charge is 0.315 e. The minimum absolute atomic E-state index is 0.104. The number of carbonyl (C=O) groups is 1. The van der Waals surface area contributed by atoms with Gasteiger partial charge in [0, 0.05) is 43.9 Å². The van der Waals surface area contributed by atoms with Gasteiger partial charge in [0.05, 0.1) is 18.8 Å². The number of ether oxygens (including phenoxy) is 1. The number of hydrogen-bond acceptors (Lipinski definition) is 4. The van der Waals surface area contributed by atoms with Gasteiger partial charge in [-0.15, -0.1) is 0 Å². The monoisotopic (exact) mass is 368 g/mol. The second-order valence-corrected chi connectivity index (χ2v) is 7.61. The number of carbonyl (C=O) groups excluding carboxylic acids is 1. The first-order chi connectivity index (χ1) is 13.3. The third kappa shape index (κ3) is 4.76. The summed E-state index contributed by atoms with van der Waals surface area (Å²) in [6.45, 7) is 5.48. The zero-order valence-electron chi connectivity index (χ0n) is 15.7. The van der Waals surface area contributed by atoms with Crippen molar-refractivity contribution in [3.05, 3.63) is 42.2 Å². The summed E-state index contributed by atoms with van der Waals surface area (Å²) < 4.78 is 5.47. The van der Waals surface area contributed by atoms with Crippen LogP contribution in [0.15, 0.2) is 36.5 Å². The number of nitrogens with one attached hydrogen (secondary N) is 2. The molecule has 2 aliphatic rings. The zero-order valence-corrected chi connectivity index (χ0v) is 15.7. The predicted octanol–water partition coefficient (Wildman–Crippen LogP) is 2.53. The Morgan fingerprint density at radius 1 is 1.19 bits per heavy atom. The van der Waals surface area contributed by atoms with Crippen molar-refractivity contribution >= 4 is 16.8 Å². The van der Waals surface area contributed by atoms with E-state index in [1.165, 1.54) is 6.42 Å². The van der Waals surface area contributed by atoms with Crippen molar-refractivity contribution in [3.63, 3.8) is 0 Å². The fraction of sp³-hybridized carbons (Fsp3) is 0.524. The highest BCUT2D eigenvalue weighted by Gasteiger charge is 2.24. The quantitative estimate of drug-likeness (QED) is 0.851. The van der Waals surface area contributed by atoms with E-state index in [2.05, 4.69) is 26.6 Å². The van der Waals surface area contributed by atoms with Crippen molar-refractivity contribution in [2.45, 2.75) is 31.8 Å². The van der Waals surface area contributed by atoms with Gasteiger partial charge in [-0.1, -0.05) is 24.3 Å². The lowest BCUT2D eigenvalue weighted by atomic mass is 10.0. The summed E-state index contributed by atoms with van der Waals surface area (Å²) >= 11 is 0. The molecular weight excluding hydrogens is 340 g/mol. The van der Waals surface area contributed by atoms with E-state index in [0.29, 0.717) is 12.5 Å². The van der Waals surface area contributed by atoms with Gasteiger partial charge in [-0.2, -0.15) is 0 Å². The molecule has 144 valence electrons. The third-order valence-electron chi connectivity index (χ3n) is 5.64. The molecule has 4 rings (SSSR count). The molecule has 27 heavy (non-hydrogen) atoms. The minimum atomic E-state index is -0.104. The van der Waals surface area contributed by atoms with Crippen LogP contribution in [0.4, 0.5) is 4.79 Å². The van der Waals surface area contributed by atoms with Crippen molar-refractivity contribution in [2.75, 3.05) is 32.8 Å². The van der Waals surface area contributed by atoms with Crippen LogP contribution in [0.3, 0.4) is 0 Å². The largest absolute Gasteiger partial charge is 0.381 e. The van der Waals surface area contributed by atoms with E-state index >= 15 is 0 Å². The number of hydrogen-bond donors (Lipinski definition) is 2. The number of nitrogens with zero attached hydrogens (tertiary/aromatic N) is 2. The molecule has 2 aliphatic heterocycles. The van der Waals surface area contributed by atoms with Crippen LogP contribution in [-0.2, 0) is 11.3 Å². The molecule has 0 aliphatic carbocycles. The Balaban J connectivity index is 1.22. The van der Waals surface area contributed by atoms with E-state index in [0.717, 1.165) is 62.2 Å². The van der Waals surface area contributed by atoms with Gasteiger partial charge in [-0.05, 0) is 36.6 Å². The third-order valence-corrected chi connectivity index (χ3v) is 5.64. The van der Waals surface area contributed by atoms with Crippen LogP contribution in [0.5, 0.6) is 0 Å². The molecule has 2 amide bonds. The summed E-state index contributed by atoms with van der Waals surface area (Å²) in [5.41, 5.74) is 0.900. The molecule has 1 atom stereocenters. The summed E-state index contributed by atoms with van der Waals surface area (Å²) in [6.07, 6.45) is 4.99. The van der Waals surface area contributed by atoms with Gasteiger partial charge in [0.15, 0.2) is 0 Å². The molecule has 3 heterocycles. The average Bonchev–Trinajstić information content (AvgIpc) is 3.21. The summed E-state index contributed by atoms with van der Waals surface area (Å²) in [7, 11) is 0. The maximum Gasteiger partial charge on any atom is 0.315 e. The Morgan fingerprint density at radius 3 is 2.85 bits per heavy atom. The number of pyridine rings is 1. The first-order valence-corrected chi connectivity index (χ1v) is 9.95. The van der Waals surface area contributed by atoms with Gasteiger partial charge in [0.25, 0.3) is 0 Å². The average molecular weight is 368 g/mol. The Kier molecular flexibility index (Phi) is 5.84. The standard InChI is InChI=1S/C21H28N4O2/c26-21(23-13-20-19-4-2-1-3-17(19)5-9-22-20)24-18-6-10-25(11-7-18)14-16-8-12-27-15-16/h1-5,9,16,18H,6-8,10-15H2,(H2,23,24,26). The molecule has 2 aromatic rings. The van der Waals surface area contributed by atoms with Crippen LogP contribution in [-0.4, -0.2) is 54.8 Å². The molecular formula is C21H28N4O2. The maximum absolute atomic E-state index is 12.3. The highest BCUT2D eigenvalue weighted by molar-refractivity contribution is 5.84. The first-order valence-electron chi connectivity index (χ1n) is 9.95. The molecule has 0 bridgehead atoms. The number of urea groups is 1. The highest BCUT2D eigenvalue weighted by atomic mass is 16.5. The number of rotatable bonds is 5. The molecule has 2 saturated heterocycles. The van der Waals surface area contributed by atoms with E-state index < -0.39 is 0 Å². The van der Waals surface area contributed by atoms with Gasteiger partial charge >= 0.3 is 6.03 Å². The van der Waals surface area contributed by atoms with E-state index in [9.17, 15) is 4.79 Å². The Morgan fingerprint density at radius 2 is 2.04 bits per heavy atom. The molecule has 1 unspecified atom stereocenters. The van der Waals surface area contributed by atoms with Crippen LogP contribution < -0.4 is 10.6 Å². The number of benzene rings is 1. The Hall–Kier alpha value is -2.18. The number of amides is 2. The molecule has 1 aromatic heterocycles. The number of likely N-dealkylation sites (tertiary alicyclic amines) is 1. The fourth-order valence-electron chi connectivity index (χ4n) is 4.08. The number of fused-ring (bicyclic) bond motifs is 1. The van der Waals surface area contributed by atoms with Crippen molar-refractivity contribution in [2.24, 2.45) is 5.92 Å². The van der Waals surface area contributed by atoms with E-state index in [1.54, 1.807) is 6.20 Å². The lowest BCUT2D eigenvalue weighted by Gasteiger charge is -2.33. The fourth-order valence-corrected chi connectivity index (χ4v) is 4.08.